The van der Waals surface area contributed by atoms with Gasteiger partial charge in [0, 0.05) is 45.4 Å². The number of aromatic nitrogens is 5. The molecular formula is C17H22N8O2. The fourth-order valence-corrected chi connectivity index (χ4v) is 2.72. The lowest BCUT2D eigenvalue weighted by Crippen LogP contribution is -2.30. The average molecular weight is 370 g/mol. The Morgan fingerprint density at radius 3 is 2.89 bits per heavy atom. The first-order valence-electron chi connectivity index (χ1n) is 8.58. The summed E-state index contributed by atoms with van der Waals surface area (Å²) in [4.78, 5) is 37.7. The molecule has 0 aliphatic heterocycles. The highest BCUT2D eigenvalue weighted by Gasteiger charge is 2.16. The van der Waals surface area contributed by atoms with Crippen LogP contribution in [0.1, 0.15) is 19.2 Å². The number of hydrogen-bond donors (Lipinski definition) is 3. The minimum Gasteiger partial charge on any atom is -0.381 e. The molecule has 10 heteroatoms. The van der Waals surface area contributed by atoms with E-state index in [1.165, 1.54) is 11.1 Å². The van der Waals surface area contributed by atoms with Crippen LogP contribution in [0.15, 0.2) is 23.4 Å². The van der Waals surface area contributed by atoms with Crippen molar-refractivity contribution in [3.63, 3.8) is 0 Å². The van der Waals surface area contributed by atoms with Crippen LogP contribution in [-0.2, 0) is 11.3 Å². The Labute approximate surface area is 155 Å². The van der Waals surface area contributed by atoms with E-state index in [0.717, 1.165) is 12.6 Å². The summed E-state index contributed by atoms with van der Waals surface area (Å²) in [6.45, 7) is 2.63. The summed E-state index contributed by atoms with van der Waals surface area (Å²) in [7, 11) is 3.34. The predicted molar refractivity (Wildman–Crippen MR) is 103 cm³/mol. The summed E-state index contributed by atoms with van der Waals surface area (Å²) in [5.74, 6) is 0.802. The van der Waals surface area contributed by atoms with E-state index in [-0.39, 0.29) is 18.0 Å². The van der Waals surface area contributed by atoms with Gasteiger partial charge in [-0.25, -0.2) is 9.97 Å². The predicted octanol–water partition coefficient (Wildman–Crippen LogP) is 0.451. The summed E-state index contributed by atoms with van der Waals surface area (Å²) in [5.41, 5.74) is 1.02. The number of nitrogens with zero attached hydrogens (tertiary/aromatic N) is 5. The van der Waals surface area contributed by atoms with Crippen molar-refractivity contribution in [2.75, 3.05) is 20.6 Å². The lowest BCUT2D eigenvalue weighted by molar-refractivity contribution is -0.127. The maximum Gasteiger partial charge on any atom is 0.280 e. The molecular weight excluding hydrogens is 348 g/mol. The first kappa shape index (κ1) is 18.4. The molecule has 3 N–H and O–H groups in total. The van der Waals surface area contributed by atoms with Gasteiger partial charge in [0.1, 0.15) is 5.82 Å². The van der Waals surface area contributed by atoms with E-state index in [0.29, 0.717) is 34.9 Å². The first-order chi connectivity index (χ1) is 13.0. The maximum absolute atomic E-state index is 12.8. The van der Waals surface area contributed by atoms with Gasteiger partial charge in [0.25, 0.3) is 5.56 Å². The van der Waals surface area contributed by atoms with Crippen LogP contribution in [-0.4, -0.2) is 61.6 Å². The molecule has 142 valence electrons. The molecule has 3 aromatic rings. The zero-order valence-corrected chi connectivity index (χ0v) is 15.5. The number of carbonyl (C=O) groups excluding carboxylic acids is 1. The quantitative estimate of drug-likeness (QED) is 0.521. The number of allylic oxidation sites excluding steroid dienone is 1. The monoisotopic (exact) mass is 370 g/mol. The molecule has 0 radical (unpaired) electrons. The molecule has 0 atom stereocenters. The number of nitrogens with one attached hydrogen (secondary N) is 3. The maximum atomic E-state index is 12.8. The van der Waals surface area contributed by atoms with Gasteiger partial charge >= 0.3 is 0 Å². The molecule has 0 fully saturated rings. The van der Waals surface area contributed by atoms with Crippen molar-refractivity contribution in [1.29, 1.82) is 5.41 Å². The molecule has 0 saturated carbocycles. The zero-order valence-electron chi connectivity index (χ0n) is 15.5. The van der Waals surface area contributed by atoms with Crippen molar-refractivity contribution in [3.8, 4) is 0 Å². The first-order valence-corrected chi connectivity index (χ1v) is 8.58. The average Bonchev–Trinajstić information content (AvgIpc) is 3.28. The molecule has 3 rings (SSSR count). The molecule has 0 bridgehead atoms. The topological polar surface area (TPSA) is 124 Å². The minimum absolute atomic E-state index is 0.0947. The molecule has 0 aliphatic carbocycles. The summed E-state index contributed by atoms with van der Waals surface area (Å²) >= 11 is 0. The molecule has 0 spiro atoms. The van der Waals surface area contributed by atoms with Gasteiger partial charge in [0.05, 0.1) is 12.1 Å². The van der Waals surface area contributed by atoms with Crippen LogP contribution in [0.3, 0.4) is 0 Å². The van der Waals surface area contributed by atoms with Crippen LogP contribution in [0, 0.1) is 5.41 Å². The van der Waals surface area contributed by atoms with Gasteiger partial charge in [0.2, 0.25) is 11.7 Å². The van der Waals surface area contributed by atoms with E-state index in [1.807, 2.05) is 6.92 Å². The van der Waals surface area contributed by atoms with Gasteiger partial charge in [-0.3, -0.25) is 18.6 Å². The smallest absolute Gasteiger partial charge is 0.280 e. The molecule has 27 heavy (non-hydrogen) atoms. The van der Waals surface area contributed by atoms with Crippen LogP contribution in [0.25, 0.3) is 22.5 Å². The Balaban J connectivity index is 2.05. The number of aromatic amines is 1. The van der Waals surface area contributed by atoms with Crippen LogP contribution in [0.4, 0.5) is 0 Å². The standard InChI is InChI=1S/C17H22N8O2/c1-4-6-25-16(27)13-15(24-7-5-20-17(24)25)22-14(21-13)11(8-18)9-19-10-12(26)23(2)3/h5,7-9,18-19H,4,6,10H2,1-3H3,(H,21,22)/b11-9+,18-8?. The molecule has 3 aromatic heterocycles. The lowest BCUT2D eigenvalue weighted by Gasteiger charge is -2.09. The Morgan fingerprint density at radius 2 is 2.22 bits per heavy atom. The van der Waals surface area contributed by atoms with Crippen molar-refractivity contribution in [3.05, 3.63) is 34.8 Å². The second-order valence-electron chi connectivity index (χ2n) is 6.25. The summed E-state index contributed by atoms with van der Waals surface area (Å²) < 4.78 is 3.35. The molecule has 0 aliphatic rings. The summed E-state index contributed by atoms with van der Waals surface area (Å²) in [6.07, 6.45) is 6.80. The van der Waals surface area contributed by atoms with E-state index >= 15 is 0 Å². The molecule has 0 saturated heterocycles. The number of amides is 1. The van der Waals surface area contributed by atoms with E-state index in [1.54, 1.807) is 35.5 Å². The van der Waals surface area contributed by atoms with Crippen LogP contribution >= 0.6 is 0 Å². The van der Waals surface area contributed by atoms with Gasteiger partial charge < -0.3 is 20.6 Å². The Morgan fingerprint density at radius 1 is 1.44 bits per heavy atom. The molecule has 3 heterocycles. The number of fused-ring (bicyclic) bond motifs is 3. The van der Waals surface area contributed by atoms with Crippen LogP contribution < -0.4 is 10.9 Å². The zero-order chi connectivity index (χ0) is 19.6. The van der Waals surface area contributed by atoms with E-state index in [9.17, 15) is 9.59 Å². The third-order valence-electron chi connectivity index (χ3n) is 4.12. The number of likely N-dealkylation sites (N-methyl/N-ethyl adjacent to an activating group) is 1. The Bertz CT molecular complexity index is 1090. The van der Waals surface area contributed by atoms with Gasteiger partial charge in [-0.15, -0.1) is 0 Å². The Hall–Kier alpha value is -3.43. The molecule has 0 aromatic carbocycles. The Kier molecular flexibility index (Phi) is 5.06. The number of rotatable bonds is 7. The third-order valence-corrected chi connectivity index (χ3v) is 4.12. The molecule has 0 unspecified atom stereocenters. The van der Waals surface area contributed by atoms with E-state index in [4.69, 9.17) is 5.41 Å². The van der Waals surface area contributed by atoms with E-state index in [2.05, 4.69) is 20.3 Å². The van der Waals surface area contributed by atoms with Gasteiger partial charge in [-0.05, 0) is 6.42 Å². The van der Waals surface area contributed by atoms with Crippen molar-refractivity contribution in [2.45, 2.75) is 19.9 Å². The number of aryl methyl sites for hydroxylation is 1. The fraction of sp³-hybridized carbons (Fsp3) is 0.353. The second kappa shape index (κ2) is 7.44. The molecule has 10 nitrogen and oxygen atoms in total. The molecule has 1 amide bonds. The largest absolute Gasteiger partial charge is 0.381 e. The highest BCUT2D eigenvalue weighted by molar-refractivity contribution is 6.07. The number of carbonyl (C=O) groups is 1. The summed E-state index contributed by atoms with van der Waals surface area (Å²) in [6, 6.07) is 0. The van der Waals surface area contributed by atoms with Crippen molar-refractivity contribution >= 4 is 34.6 Å². The van der Waals surface area contributed by atoms with Gasteiger partial charge in [0.15, 0.2) is 11.2 Å². The third kappa shape index (κ3) is 3.33. The lowest BCUT2D eigenvalue weighted by atomic mass is 10.3. The van der Waals surface area contributed by atoms with Crippen molar-refractivity contribution in [1.82, 2.24) is 34.1 Å². The van der Waals surface area contributed by atoms with E-state index < -0.39 is 0 Å². The highest BCUT2D eigenvalue weighted by Crippen LogP contribution is 2.15. The van der Waals surface area contributed by atoms with Gasteiger partial charge in [-0.1, -0.05) is 6.92 Å². The number of hydrogen-bond acceptors (Lipinski definition) is 6. The van der Waals surface area contributed by atoms with Crippen LogP contribution in [0.2, 0.25) is 0 Å². The van der Waals surface area contributed by atoms with Gasteiger partial charge in [-0.2, -0.15) is 0 Å². The second-order valence-corrected chi connectivity index (χ2v) is 6.25. The number of imidazole rings is 2. The minimum atomic E-state index is -0.204. The highest BCUT2D eigenvalue weighted by atomic mass is 16.2. The van der Waals surface area contributed by atoms with Crippen molar-refractivity contribution in [2.24, 2.45) is 0 Å². The summed E-state index contributed by atoms with van der Waals surface area (Å²) in [5, 5.41) is 10.5. The normalized spacial score (nSPS) is 11.9. The number of H-pyrrole nitrogens is 1. The van der Waals surface area contributed by atoms with Crippen molar-refractivity contribution < 1.29 is 4.79 Å². The SMILES string of the molecule is CCCn1c(=O)c2[nH]c(/C(C=N)=C/NCC(=O)N(C)C)nc2n2ccnc12. The van der Waals surface area contributed by atoms with Crippen LogP contribution in [0.5, 0.6) is 0 Å². The fourth-order valence-electron chi connectivity index (χ4n) is 2.72.